The van der Waals surface area contributed by atoms with E-state index in [2.05, 4.69) is 31.9 Å². The molecule has 0 aromatic heterocycles. The van der Waals surface area contributed by atoms with E-state index in [4.69, 9.17) is 9.47 Å². The van der Waals surface area contributed by atoms with Crippen LogP contribution in [0.5, 0.6) is 5.75 Å². The van der Waals surface area contributed by atoms with Gasteiger partial charge in [-0.3, -0.25) is 0 Å². The maximum Gasteiger partial charge on any atom is 0.123 e. The Hall–Kier alpha value is -0.0600. The van der Waals surface area contributed by atoms with E-state index in [-0.39, 0.29) is 0 Å². The molecule has 1 aromatic rings. The molecule has 0 atom stereocenters. The Morgan fingerprint density at radius 2 is 2.07 bits per heavy atom. The molecule has 0 aliphatic carbocycles. The van der Waals surface area contributed by atoms with Crippen LogP contribution >= 0.6 is 31.9 Å². The van der Waals surface area contributed by atoms with Gasteiger partial charge in [-0.2, -0.15) is 0 Å². The molecule has 0 unspecified atom stereocenters. The summed E-state index contributed by atoms with van der Waals surface area (Å²) in [4.78, 5) is 0. The van der Waals surface area contributed by atoms with Crippen LogP contribution in [0, 0.1) is 0 Å². The average molecular weight is 324 g/mol. The van der Waals surface area contributed by atoms with Crippen LogP contribution in [-0.4, -0.2) is 20.3 Å². The lowest BCUT2D eigenvalue weighted by atomic mass is 10.2. The first-order valence-corrected chi connectivity index (χ1v) is 6.15. The Bertz CT molecular complexity index is 289. The number of alkyl halides is 1. The number of ether oxygens (including phenoxy) is 2. The third kappa shape index (κ3) is 3.59. The summed E-state index contributed by atoms with van der Waals surface area (Å²) >= 11 is 6.84. The average Bonchev–Trinajstić information content (AvgIpc) is 2.20. The molecule has 0 spiro atoms. The van der Waals surface area contributed by atoms with Crippen molar-refractivity contribution < 1.29 is 9.47 Å². The minimum atomic E-state index is 0.581. The van der Waals surface area contributed by atoms with Gasteiger partial charge in [0.05, 0.1) is 6.61 Å². The Morgan fingerprint density at radius 1 is 1.29 bits per heavy atom. The SMILES string of the molecule is COCCOc1ccc(Br)cc1CBr. The highest BCUT2D eigenvalue weighted by Crippen LogP contribution is 2.25. The van der Waals surface area contributed by atoms with Crippen molar-refractivity contribution in [3.05, 3.63) is 28.2 Å². The molecule has 1 rings (SSSR count). The molecule has 0 radical (unpaired) electrons. The van der Waals surface area contributed by atoms with Crippen LogP contribution in [0.15, 0.2) is 22.7 Å². The minimum Gasteiger partial charge on any atom is -0.491 e. The van der Waals surface area contributed by atoms with E-state index < -0.39 is 0 Å². The van der Waals surface area contributed by atoms with Gasteiger partial charge >= 0.3 is 0 Å². The Morgan fingerprint density at radius 3 is 2.71 bits per heavy atom. The van der Waals surface area contributed by atoms with Gasteiger partial charge < -0.3 is 9.47 Å². The third-order valence-corrected chi connectivity index (χ3v) is 2.81. The van der Waals surface area contributed by atoms with Gasteiger partial charge in [-0.05, 0) is 18.2 Å². The zero-order valence-electron chi connectivity index (χ0n) is 7.93. The van der Waals surface area contributed by atoms with Crippen molar-refractivity contribution in [3.63, 3.8) is 0 Å². The fraction of sp³-hybridized carbons (Fsp3) is 0.400. The molecule has 0 N–H and O–H groups in total. The molecule has 4 heteroatoms. The standard InChI is InChI=1S/C10H12Br2O2/c1-13-4-5-14-10-3-2-9(12)6-8(10)7-11/h2-3,6H,4-5,7H2,1H3. The van der Waals surface area contributed by atoms with Crippen LogP contribution in [0.4, 0.5) is 0 Å². The topological polar surface area (TPSA) is 18.5 Å². The summed E-state index contributed by atoms with van der Waals surface area (Å²) in [5.41, 5.74) is 1.13. The van der Waals surface area contributed by atoms with E-state index in [1.54, 1.807) is 7.11 Å². The molecule has 0 heterocycles. The second-order valence-corrected chi connectivity index (χ2v) is 4.20. The summed E-state index contributed by atoms with van der Waals surface area (Å²) in [6.45, 7) is 1.19. The van der Waals surface area contributed by atoms with E-state index >= 15 is 0 Å². The second kappa shape index (κ2) is 6.43. The zero-order valence-corrected chi connectivity index (χ0v) is 11.1. The van der Waals surface area contributed by atoms with Crippen LogP contribution in [0.25, 0.3) is 0 Å². The third-order valence-electron chi connectivity index (χ3n) is 1.71. The van der Waals surface area contributed by atoms with Crippen molar-refractivity contribution in [1.29, 1.82) is 0 Å². The van der Waals surface area contributed by atoms with Crippen molar-refractivity contribution in [1.82, 2.24) is 0 Å². The summed E-state index contributed by atoms with van der Waals surface area (Å²) in [7, 11) is 1.66. The molecule has 0 saturated carbocycles. The Balaban J connectivity index is 2.65. The van der Waals surface area contributed by atoms with Crippen LogP contribution in [-0.2, 0) is 10.1 Å². The molecule has 0 saturated heterocycles. The number of hydrogen-bond donors (Lipinski definition) is 0. The number of methoxy groups -OCH3 is 1. The molecule has 2 nitrogen and oxygen atoms in total. The molecule has 0 amide bonds. The molecule has 0 aliphatic heterocycles. The van der Waals surface area contributed by atoms with E-state index in [1.165, 1.54) is 0 Å². The van der Waals surface area contributed by atoms with Crippen LogP contribution in [0.3, 0.4) is 0 Å². The summed E-state index contributed by atoms with van der Waals surface area (Å²) in [6, 6.07) is 5.96. The van der Waals surface area contributed by atoms with Gasteiger partial charge in [0.15, 0.2) is 0 Å². The highest BCUT2D eigenvalue weighted by Gasteiger charge is 2.02. The molecule has 1 aromatic carbocycles. The highest BCUT2D eigenvalue weighted by molar-refractivity contribution is 9.10. The van der Waals surface area contributed by atoms with Crippen molar-refractivity contribution in [2.24, 2.45) is 0 Å². The van der Waals surface area contributed by atoms with Crippen molar-refractivity contribution in [2.45, 2.75) is 5.33 Å². The minimum absolute atomic E-state index is 0.581. The zero-order chi connectivity index (χ0) is 10.4. The van der Waals surface area contributed by atoms with Gasteiger partial charge in [0.2, 0.25) is 0 Å². The summed E-state index contributed by atoms with van der Waals surface area (Å²) in [6.07, 6.45) is 0. The van der Waals surface area contributed by atoms with Gasteiger partial charge in [0, 0.05) is 22.5 Å². The van der Waals surface area contributed by atoms with Gasteiger partial charge in [0.25, 0.3) is 0 Å². The molecule has 0 aliphatic rings. The lowest BCUT2D eigenvalue weighted by Crippen LogP contribution is -2.05. The fourth-order valence-electron chi connectivity index (χ4n) is 1.03. The summed E-state index contributed by atoms with van der Waals surface area (Å²) in [5, 5.41) is 0.786. The van der Waals surface area contributed by atoms with Crippen LogP contribution in [0.1, 0.15) is 5.56 Å². The lowest BCUT2D eigenvalue weighted by Gasteiger charge is -2.09. The van der Waals surface area contributed by atoms with E-state index in [0.717, 1.165) is 21.1 Å². The van der Waals surface area contributed by atoms with Gasteiger partial charge in [-0.1, -0.05) is 31.9 Å². The predicted octanol–water partition coefficient (Wildman–Crippen LogP) is 3.37. The van der Waals surface area contributed by atoms with Crippen LogP contribution in [0.2, 0.25) is 0 Å². The lowest BCUT2D eigenvalue weighted by molar-refractivity contribution is 0.146. The summed E-state index contributed by atoms with van der Waals surface area (Å²) in [5.74, 6) is 0.905. The highest BCUT2D eigenvalue weighted by atomic mass is 79.9. The monoisotopic (exact) mass is 322 g/mol. The molecule has 0 bridgehead atoms. The van der Waals surface area contributed by atoms with Gasteiger partial charge in [0.1, 0.15) is 12.4 Å². The maximum atomic E-state index is 5.55. The number of hydrogen-bond acceptors (Lipinski definition) is 2. The number of benzene rings is 1. The second-order valence-electron chi connectivity index (χ2n) is 2.73. The first-order chi connectivity index (χ1) is 6.77. The molecule has 78 valence electrons. The molecular weight excluding hydrogens is 312 g/mol. The molecule has 14 heavy (non-hydrogen) atoms. The van der Waals surface area contributed by atoms with E-state index in [1.807, 2.05) is 18.2 Å². The van der Waals surface area contributed by atoms with E-state index in [9.17, 15) is 0 Å². The van der Waals surface area contributed by atoms with Gasteiger partial charge in [-0.15, -0.1) is 0 Å². The normalized spacial score (nSPS) is 10.2. The first-order valence-electron chi connectivity index (χ1n) is 4.24. The van der Waals surface area contributed by atoms with Crippen molar-refractivity contribution in [2.75, 3.05) is 20.3 Å². The Labute approximate surface area is 101 Å². The summed E-state index contributed by atoms with van der Waals surface area (Å²) < 4.78 is 11.5. The maximum absolute atomic E-state index is 5.55. The Kier molecular flexibility index (Phi) is 5.52. The van der Waals surface area contributed by atoms with Crippen molar-refractivity contribution in [3.8, 4) is 5.75 Å². The number of rotatable bonds is 5. The quantitative estimate of drug-likeness (QED) is 0.611. The molecular formula is C10H12Br2O2. The first kappa shape index (κ1) is 12.0. The largest absolute Gasteiger partial charge is 0.491 e. The van der Waals surface area contributed by atoms with Crippen LogP contribution < -0.4 is 4.74 Å². The fourth-order valence-corrected chi connectivity index (χ4v) is 1.87. The smallest absolute Gasteiger partial charge is 0.123 e. The van der Waals surface area contributed by atoms with Gasteiger partial charge in [-0.25, -0.2) is 0 Å². The van der Waals surface area contributed by atoms with Crippen molar-refractivity contribution >= 4 is 31.9 Å². The predicted molar refractivity (Wildman–Crippen MR) is 64.1 cm³/mol. The number of halogens is 2. The molecule has 0 fully saturated rings. The van der Waals surface area contributed by atoms with E-state index in [0.29, 0.717) is 13.2 Å².